The number of alkyl halides is 3. The Morgan fingerprint density at radius 2 is 2.04 bits per heavy atom. The quantitative estimate of drug-likeness (QED) is 0.825. The highest BCUT2D eigenvalue weighted by molar-refractivity contribution is 6.05. The normalized spacial score (nSPS) is 16.2. The standard InChI is InChI=1S/C20H18F3NO4/c1-12-8-13(6-7-20(21,22)23)2-4-16(12)19(26)24-14-3-5-17-18(9-14)27-11-15(10-25)28-17/h2-9,15,25H,10-11H2,1H3,(H,24,26). The van der Waals surface area contributed by atoms with Crippen LogP contribution in [0.15, 0.2) is 42.5 Å². The lowest BCUT2D eigenvalue weighted by atomic mass is 10.0. The van der Waals surface area contributed by atoms with Crippen LogP contribution in [0.1, 0.15) is 21.5 Å². The smallest absolute Gasteiger partial charge is 0.409 e. The Labute approximate surface area is 159 Å². The van der Waals surface area contributed by atoms with E-state index in [1.165, 1.54) is 18.2 Å². The SMILES string of the molecule is Cc1cc(C=CC(F)(F)F)ccc1C(=O)Nc1ccc2c(c1)OCC(CO)O2. The van der Waals surface area contributed by atoms with Crippen LogP contribution >= 0.6 is 0 Å². The molecule has 28 heavy (non-hydrogen) atoms. The first kappa shape index (κ1) is 19.8. The summed E-state index contributed by atoms with van der Waals surface area (Å²) in [7, 11) is 0. The average molecular weight is 393 g/mol. The molecule has 1 unspecified atom stereocenters. The number of anilines is 1. The molecule has 5 nitrogen and oxygen atoms in total. The molecule has 1 aliphatic rings. The second-order valence-corrected chi connectivity index (χ2v) is 6.30. The molecule has 0 aliphatic carbocycles. The highest BCUT2D eigenvalue weighted by Crippen LogP contribution is 2.34. The van der Waals surface area contributed by atoms with E-state index in [9.17, 15) is 18.0 Å². The summed E-state index contributed by atoms with van der Waals surface area (Å²) in [6, 6.07) is 9.31. The Kier molecular flexibility index (Phi) is 5.60. The number of fused-ring (bicyclic) bond motifs is 1. The maximum atomic E-state index is 12.5. The van der Waals surface area contributed by atoms with E-state index in [1.54, 1.807) is 25.1 Å². The van der Waals surface area contributed by atoms with Crippen LogP contribution in [-0.2, 0) is 0 Å². The first-order valence-electron chi connectivity index (χ1n) is 8.47. The van der Waals surface area contributed by atoms with E-state index >= 15 is 0 Å². The number of halogens is 3. The third kappa shape index (κ3) is 4.83. The first-order valence-corrected chi connectivity index (χ1v) is 8.47. The molecule has 2 aromatic rings. The summed E-state index contributed by atoms with van der Waals surface area (Å²) in [5, 5.41) is 11.8. The molecule has 0 bridgehead atoms. The minimum atomic E-state index is -4.39. The first-order chi connectivity index (χ1) is 13.2. The number of carbonyl (C=O) groups excluding carboxylic acids is 1. The molecule has 0 aromatic heterocycles. The summed E-state index contributed by atoms with van der Waals surface area (Å²) < 4.78 is 47.9. The van der Waals surface area contributed by atoms with Gasteiger partial charge in [-0.15, -0.1) is 0 Å². The molecule has 0 spiro atoms. The van der Waals surface area contributed by atoms with Crippen LogP contribution in [0.2, 0.25) is 0 Å². The maximum absolute atomic E-state index is 12.5. The number of aryl methyl sites for hydroxylation is 1. The van der Waals surface area contributed by atoms with Crippen molar-refractivity contribution in [3.63, 3.8) is 0 Å². The monoisotopic (exact) mass is 393 g/mol. The molecular formula is C20H18F3NO4. The van der Waals surface area contributed by atoms with Gasteiger partial charge in [-0.1, -0.05) is 18.2 Å². The van der Waals surface area contributed by atoms with Crippen LogP contribution < -0.4 is 14.8 Å². The minimum Gasteiger partial charge on any atom is -0.486 e. The van der Waals surface area contributed by atoms with E-state index in [2.05, 4.69) is 5.32 Å². The van der Waals surface area contributed by atoms with E-state index in [4.69, 9.17) is 14.6 Å². The predicted octanol–water partition coefficient (Wildman–Crippen LogP) is 3.95. The molecule has 1 atom stereocenters. The van der Waals surface area contributed by atoms with E-state index in [-0.39, 0.29) is 19.3 Å². The predicted molar refractivity (Wildman–Crippen MR) is 97.7 cm³/mol. The van der Waals surface area contributed by atoms with Crippen LogP contribution in [0.4, 0.5) is 18.9 Å². The number of aliphatic hydroxyl groups excluding tert-OH is 1. The van der Waals surface area contributed by atoms with Gasteiger partial charge in [0.1, 0.15) is 6.61 Å². The number of ether oxygens (including phenoxy) is 2. The molecule has 0 saturated carbocycles. The number of nitrogens with one attached hydrogen (secondary N) is 1. The van der Waals surface area contributed by atoms with Crippen LogP contribution in [0.5, 0.6) is 11.5 Å². The zero-order valence-electron chi connectivity index (χ0n) is 14.9. The highest BCUT2D eigenvalue weighted by atomic mass is 19.4. The number of carbonyl (C=O) groups is 1. The number of amides is 1. The van der Waals surface area contributed by atoms with Gasteiger partial charge in [-0.2, -0.15) is 13.2 Å². The van der Waals surface area contributed by atoms with Crippen molar-refractivity contribution in [1.82, 2.24) is 0 Å². The molecule has 2 N–H and O–H groups in total. The Bertz CT molecular complexity index is 909. The fourth-order valence-corrected chi connectivity index (χ4v) is 2.72. The van der Waals surface area contributed by atoms with Gasteiger partial charge in [0.15, 0.2) is 17.6 Å². The van der Waals surface area contributed by atoms with Crippen molar-refractivity contribution in [2.24, 2.45) is 0 Å². The van der Waals surface area contributed by atoms with Crippen molar-refractivity contribution in [2.75, 3.05) is 18.5 Å². The lowest BCUT2D eigenvalue weighted by Crippen LogP contribution is -2.32. The molecule has 1 amide bonds. The van der Waals surface area contributed by atoms with E-state index < -0.39 is 18.2 Å². The number of aliphatic hydroxyl groups is 1. The molecule has 0 fully saturated rings. The van der Waals surface area contributed by atoms with Crippen LogP contribution in [0, 0.1) is 6.92 Å². The maximum Gasteiger partial charge on any atom is 0.409 e. The van der Waals surface area contributed by atoms with E-state index in [0.29, 0.717) is 33.9 Å². The highest BCUT2D eigenvalue weighted by Gasteiger charge is 2.22. The summed E-state index contributed by atoms with van der Waals surface area (Å²) in [5.41, 5.74) is 1.73. The molecule has 148 valence electrons. The van der Waals surface area contributed by atoms with Gasteiger partial charge < -0.3 is 19.9 Å². The summed E-state index contributed by atoms with van der Waals surface area (Å²) >= 11 is 0. The van der Waals surface area contributed by atoms with Crippen molar-refractivity contribution < 1.29 is 32.5 Å². The van der Waals surface area contributed by atoms with Crippen molar-refractivity contribution in [1.29, 1.82) is 0 Å². The Hall–Kier alpha value is -3.00. The van der Waals surface area contributed by atoms with Gasteiger partial charge in [-0.25, -0.2) is 0 Å². The Balaban J connectivity index is 1.72. The summed E-state index contributed by atoms with van der Waals surface area (Å²) in [6.45, 7) is 1.69. The van der Waals surface area contributed by atoms with Crippen molar-refractivity contribution in [3.8, 4) is 11.5 Å². The van der Waals surface area contributed by atoms with Gasteiger partial charge in [0, 0.05) is 23.4 Å². The van der Waals surface area contributed by atoms with Crippen molar-refractivity contribution in [2.45, 2.75) is 19.2 Å². The largest absolute Gasteiger partial charge is 0.486 e. The van der Waals surface area contributed by atoms with Gasteiger partial charge >= 0.3 is 6.18 Å². The summed E-state index contributed by atoms with van der Waals surface area (Å²) in [5.74, 6) is 0.529. The molecule has 0 saturated heterocycles. The van der Waals surface area contributed by atoms with Gasteiger partial charge in [-0.3, -0.25) is 4.79 Å². The molecule has 0 radical (unpaired) electrons. The van der Waals surface area contributed by atoms with Crippen LogP contribution in [0.25, 0.3) is 6.08 Å². The number of benzene rings is 2. The fourth-order valence-electron chi connectivity index (χ4n) is 2.72. The Morgan fingerprint density at radius 3 is 2.71 bits per heavy atom. The van der Waals surface area contributed by atoms with Gasteiger partial charge in [0.2, 0.25) is 0 Å². The minimum absolute atomic E-state index is 0.151. The number of hydrogen-bond acceptors (Lipinski definition) is 4. The number of hydrogen-bond donors (Lipinski definition) is 2. The van der Waals surface area contributed by atoms with Gasteiger partial charge in [0.05, 0.1) is 6.61 Å². The van der Waals surface area contributed by atoms with Crippen molar-refractivity contribution >= 4 is 17.7 Å². The molecule has 3 rings (SSSR count). The summed E-state index contributed by atoms with van der Waals surface area (Å²) in [6.07, 6.45) is -3.72. The summed E-state index contributed by atoms with van der Waals surface area (Å²) in [4.78, 5) is 12.5. The second-order valence-electron chi connectivity index (χ2n) is 6.30. The van der Waals surface area contributed by atoms with Gasteiger partial charge in [0.25, 0.3) is 5.91 Å². The lowest BCUT2D eigenvalue weighted by Gasteiger charge is -2.25. The second kappa shape index (κ2) is 7.93. The number of rotatable bonds is 4. The number of allylic oxidation sites excluding steroid dienone is 1. The third-order valence-electron chi connectivity index (χ3n) is 4.08. The third-order valence-corrected chi connectivity index (χ3v) is 4.08. The topological polar surface area (TPSA) is 67.8 Å². The zero-order chi connectivity index (χ0) is 20.3. The molecule has 8 heteroatoms. The van der Waals surface area contributed by atoms with Gasteiger partial charge in [-0.05, 0) is 36.2 Å². The van der Waals surface area contributed by atoms with E-state index in [0.717, 1.165) is 6.08 Å². The molecule has 1 aliphatic heterocycles. The molecular weight excluding hydrogens is 375 g/mol. The lowest BCUT2D eigenvalue weighted by molar-refractivity contribution is -0.0790. The zero-order valence-corrected chi connectivity index (χ0v) is 14.9. The Morgan fingerprint density at radius 1 is 1.25 bits per heavy atom. The average Bonchev–Trinajstić information content (AvgIpc) is 2.65. The van der Waals surface area contributed by atoms with E-state index in [1.807, 2.05) is 0 Å². The molecule has 2 aromatic carbocycles. The molecule has 1 heterocycles. The van der Waals surface area contributed by atoms with Crippen LogP contribution in [-0.4, -0.2) is 36.5 Å². The fraction of sp³-hybridized carbons (Fsp3) is 0.250. The van der Waals surface area contributed by atoms with Crippen molar-refractivity contribution in [3.05, 3.63) is 59.2 Å². The van der Waals surface area contributed by atoms with Crippen LogP contribution in [0.3, 0.4) is 0 Å².